The van der Waals surface area contributed by atoms with Crippen LogP contribution in [0.2, 0.25) is 0 Å². The van der Waals surface area contributed by atoms with Crippen molar-refractivity contribution in [3.8, 4) is 17.6 Å². The Labute approximate surface area is 127 Å². The van der Waals surface area contributed by atoms with E-state index in [1.165, 1.54) is 31.4 Å². The monoisotopic (exact) mass is 287 g/mol. The molecular weight excluding hydrogens is 262 g/mol. The van der Waals surface area contributed by atoms with Crippen LogP contribution >= 0.6 is 0 Å². The highest BCUT2D eigenvalue weighted by atomic mass is 16.5. The summed E-state index contributed by atoms with van der Waals surface area (Å²) < 4.78 is 5.47. The Hall–Kier alpha value is -1.50. The molecule has 1 saturated carbocycles. The van der Waals surface area contributed by atoms with Gasteiger partial charge in [-0.15, -0.1) is 0 Å². The smallest absolute Gasteiger partial charge is 0.123 e. The maximum atomic E-state index is 8.81. The molecule has 1 fully saturated rings. The van der Waals surface area contributed by atoms with Crippen LogP contribution in [0.5, 0.6) is 5.75 Å². The first-order valence-electron chi connectivity index (χ1n) is 7.75. The largest absolute Gasteiger partial charge is 0.496 e. The van der Waals surface area contributed by atoms with Gasteiger partial charge in [0.15, 0.2) is 0 Å². The van der Waals surface area contributed by atoms with Gasteiger partial charge in [0.2, 0.25) is 0 Å². The van der Waals surface area contributed by atoms with Crippen LogP contribution in [0.4, 0.5) is 0 Å². The van der Waals surface area contributed by atoms with Crippen LogP contribution in [0.3, 0.4) is 0 Å². The van der Waals surface area contributed by atoms with Gasteiger partial charge in [0, 0.05) is 24.2 Å². The molecule has 1 aromatic carbocycles. The van der Waals surface area contributed by atoms with Crippen molar-refractivity contribution in [2.75, 3.05) is 26.8 Å². The van der Waals surface area contributed by atoms with Gasteiger partial charge in [-0.1, -0.05) is 25.2 Å². The van der Waals surface area contributed by atoms with Crippen molar-refractivity contribution in [1.82, 2.24) is 4.90 Å². The van der Waals surface area contributed by atoms with Crippen molar-refractivity contribution >= 4 is 0 Å². The van der Waals surface area contributed by atoms with Gasteiger partial charge in [0.1, 0.15) is 12.4 Å². The molecule has 0 aromatic heterocycles. The zero-order valence-corrected chi connectivity index (χ0v) is 13.1. The van der Waals surface area contributed by atoms with Gasteiger partial charge in [-0.3, -0.25) is 4.90 Å². The SMILES string of the molecule is CCN(Cc1cc(C#CCO)ccc1OC)CC1CCC1. The van der Waals surface area contributed by atoms with E-state index < -0.39 is 0 Å². The van der Waals surface area contributed by atoms with Crippen molar-refractivity contribution in [3.05, 3.63) is 29.3 Å². The standard InChI is InChI=1S/C18H25NO2/c1-3-19(13-16-6-4-7-16)14-17-12-15(8-5-11-20)9-10-18(17)21-2/h9-10,12,16,20H,3-4,6-7,11,13-14H2,1-2H3. The number of nitrogens with zero attached hydrogens (tertiary/aromatic N) is 1. The summed E-state index contributed by atoms with van der Waals surface area (Å²) in [4.78, 5) is 2.48. The minimum absolute atomic E-state index is 0.107. The Morgan fingerprint density at radius 1 is 1.38 bits per heavy atom. The maximum absolute atomic E-state index is 8.81. The van der Waals surface area contributed by atoms with Gasteiger partial charge in [-0.2, -0.15) is 0 Å². The second-order valence-electron chi connectivity index (χ2n) is 5.61. The Morgan fingerprint density at radius 3 is 2.76 bits per heavy atom. The molecule has 3 heteroatoms. The fourth-order valence-corrected chi connectivity index (χ4v) is 2.71. The number of benzene rings is 1. The van der Waals surface area contributed by atoms with Gasteiger partial charge in [-0.05, 0) is 43.5 Å². The molecule has 0 unspecified atom stereocenters. The number of aliphatic hydroxyl groups is 1. The molecule has 114 valence electrons. The van der Waals surface area contributed by atoms with E-state index in [0.29, 0.717) is 0 Å². The van der Waals surface area contributed by atoms with E-state index >= 15 is 0 Å². The summed E-state index contributed by atoms with van der Waals surface area (Å²) in [5, 5.41) is 8.81. The fourth-order valence-electron chi connectivity index (χ4n) is 2.71. The number of methoxy groups -OCH3 is 1. The third-order valence-electron chi connectivity index (χ3n) is 4.17. The van der Waals surface area contributed by atoms with Gasteiger partial charge in [0.05, 0.1) is 7.11 Å². The topological polar surface area (TPSA) is 32.7 Å². The summed E-state index contributed by atoms with van der Waals surface area (Å²) in [5.41, 5.74) is 2.10. The van der Waals surface area contributed by atoms with E-state index in [2.05, 4.69) is 29.7 Å². The molecule has 1 aliphatic carbocycles. The minimum atomic E-state index is -0.107. The molecule has 21 heavy (non-hydrogen) atoms. The van der Waals surface area contributed by atoms with Gasteiger partial charge < -0.3 is 9.84 Å². The predicted molar refractivity (Wildman–Crippen MR) is 85.2 cm³/mol. The molecule has 0 bridgehead atoms. The maximum Gasteiger partial charge on any atom is 0.123 e. The van der Waals surface area contributed by atoms with Crippen molar-refractivity contribution in [3.63, 3.8) is 0 Å². The normalized spacial score (nSPS) is 14.5. The van der Waals surface area contributed by atoms with Crippen LogP contribution in [0.15, 0.2) is 18.2 Å². The van der Waals surface area contributed by atoms with Gasteiger partial charge >= 0.3 is 0 Å². The van der Waals surface area contributed by atoms with Crippen LogP contribution in [0.25, 0.3) is 0 Å². The fraction of sp³-hybridized carbons (Fsp3) is 0.556. The van der Waals surface area contributed by atoms with Crippen molar-refractivity contribution in [2.45, 2.75) is 32.7 Å². The molecule has 0 heterocycles. The zero-order valence-electron chi connectivity index (χ0n) is 13.1. The summed E-state index contributed by atoms with van der Waals surface area (Å²) in [6.07, 6.45) is 4.13. The second-order valence-corrected chi connectivity index (χ2v) is 5.61. The lowest BCUT2D eigenvalue weighted by Crippen LogP contribution is -2.32. The van der Waals surface area contributed by atoms with Crippen LogP contribution in [-0.4, -0.2) is 36.8 Å². The van der Waals surface area contributed by atoms with Crippen molar-refractivity contribution in [2.24, 2.45) is 5.92 Å². The molecule has 0 aliphatic heterocycles. The molecule has 1 aromatic rings. The highest BCUT2D eigenvalue weighted by Crippen LogP contribution is 2.28. The van der Waals surface area contributed by atoms with Crippen molar-refractivity contribution in [1.29, 1.82) is 0 Å². The third-order valence-corrected chi connectivity index (χ3v) is 4.17. The van der Waals surface area contributed by atoms with E-state index in [1.807, 2.05) is 12.1 Å². The second kappa shape index (κ2) is 8.07. The average molecular weight is 287 g/mol. The molecule has 1 N–H and O–H groups in total. The molecule has 0 saturated heterocycles. The number of hydrogen-bond acceptors (Lipinski definition) is 3. The molecule has 0 radical (unpaired) electrons. The lowest BCUT2D eigenvalue weighted by molar-refractivity contribution is 0.177. The molecule has 0 atom stereocenters. The lowest BCUT2D eigenvalue weighted by atomic mass is 9.85. The van der Waals surface area contributed by atoms with Gasteiger partial charge in [0.25, 0.3) is 0 Å². The molecule has 2 rings (SSSR count). The van der Waals surface area contributed by atoms with Crippen LogP contribution in [0, 0.1) is 17.8 Å². The van der Waals surface area contributed by atoms with E-state index in [1.54, 1.807) is 7.11 Å². The summed E-state index contributed by atoms with van der Waals surface area (Å²) in [5.74, 6) is 7.45. The number of ether oxygens (including phenoxy) is 1. The Morgan fingerprint density at radius 2 is 2.19 bits per heavy atom. The highest BCUT2D eigenvalue weighted by Gasteiger charge is 2.20. The number of rotatable bonds is 6. The summed E-state index contributed by atoms with van der Waals surface area (Å²) >= 11 is 0. The molecular formula is C18H25NO2. The first kappa shape index (κ1) is 15.9. The number of aliphatic hydroxyl groups excluding tert-OH is 1. The predicted octanol–water partition coefficient (Wildman–Crippen LogP) is 2.66. The quantitative estimate of drug-likeness (QED) is 0.817. The van der Waals surface area contributed by atoms with Crippen LogP contribution in [0.1, 0.15) is 37.3 Å². The average Bonchev–Trinajstić information content (AvgIpc) is 2.47. The summed E-state index contributed by atoms with van der Waals surface area (Å²) in [6, 6.07) is 5.98. The Bertz CT molecular complexity index is 512. The minimum Gasteiger partial charge on any atom is -0.496 e. The van der Waals surface area contributed by atoms with Crippen molar-refractivity contribution < 1.29 is 9.84 Å². The van der Waals surface area contributed by atoms with Gasteiger partial charge in [-0.25, -0.2) is 0 Å². The molecule has 0 amide bonds. The van der Waals surface area contributed by atoms with Crippen LogP contribution < -0.4 is 4.74 Å². The first-order valence-corrected chi connectivity index (χ1v) is 7.75. The third kappa shape index (κ3) is 4.49. The zero-order chi connectivity index (χ0) is 15.1. The number of hydrogen-bond donors (Lipinski definition) is 1. The van der Waals surface area contributed by atoms with E-state index in [4.69, 9.17) is 9.84 Å². The van der Waals surface area contributed by atoms with E-state index in [9.17, 15) is 0 Å². The summed E-state index contributed by atoms with van der Waals surface area (Å²) in [7, 11) is 1.71. The van der Waals surface area contributed by atoms with E-state index in [0.717, 1.165) is 30.3 Å². The summed E-state index contributed by atoms with van der Waals surface area (Å²) in [6.45, 7) is 5.22. The highest BCUT2D eigenvalue weighted by molar-refractivity contribution is 5.44. The Balaban J connectivity index is 2.10. The van der Waals surface area contributed by atoms with Crippen LogP contribution in [-0.2, 0) is 6.54 Å². The molecule has 1 aliphatic rings. The molecule has 3 nitrogen and oxygen atoms in total. The lowest BCUT2D eigenvalue weighted by Gasteiger charge is -2.32. The van der Waals surface area contributed by atoms with E-state index in [-0.39, 0.29) is 6.61 Å². The first-order chi connectivity index (χ1) is 10.3. The Kier molecular flexibility index (Phi) is 6.10. The molecule has 0 spiro atoms.